The van der Waals surface area contributed by atoms with Crippen LogP contribution in [0, 0.1) is 0 Å². The van der Waals surface area contributed by atoms with Gasteiger partial charge in [-0.1, -0.05) is 6.07 Å². The van der Waals surface area contributed by atoms with Gasteiger partial charge in [0.25, 0.3) is 0 Å². The van der Waals surface area contributed by atoms with Crippen molar-refractivity contribution < 1.29 is 9.90 Å². The summed E-state index contributed by atoms with van der Waals surface area (Å²) in [6.45, 7) is 1.35. The van der Waals surface area contributed by atoms with Gasteiger partial charge in [-0.15, -0.1) is 0 Å². The summed E-state index contributed by atoms with van der Waals surface area (Å²) in [5, 5.41) is 15.4. The number of rotatable bonds is 5. The lowest BCUT2D eigenvalue weighted by Gasteiger charge is -2.17. The first-order valence-electron chi connectivity index (χ1n) is 9.96. The smallest absolute Gasteiger partial charge is 0.185 e. The molecule has 6 heteroatoms. The van der Waals surface area contributed by atoms with Crippen LogP contribution in [0.4, 0.5) is 5.82 Å². The Bertz CT molecular complexity index is 1050. The molecular weight excluding hydrogens is 352 g/mol. The number of Topliss-reactive ketones (excluding diaryl/α,β-unsaturated/α-hetero) is 1. The quantitative estimate of drug-likeness (QED) is 0.694. The van der Waals surface area contributed by atoms with Gasteiger partial charge in [-0.05, 0) is 60.6 Å². The van der Waals surface area contributed by atoms with Crippen molar-refractivity contribution in [2.75, 3.05) is 18.0 Å². The number of nitrogens with zero attached hydrogens (tertiary/aromatic N) is 4. The molecule has 2 aliphatic rings. The number of anilines is 1. The number of hydrogen-bond donors (Lipinski definition) is 1. The summed E-state index contributed by atoms with van der Waals surface area (Å²) in [7, 11) is 1.92. The van der Waals surface area contributed by atoms with E-state index in [2.05, 4.69) is 22.2 Å². The van der Waals surface area contributed by atoms with Crippen LogP contribution in [0.15, 0.2) is 36.5 Å². The lowest BCUT2D eigenvalue weighted by Crippen LogP contribution is -2.23. The molecular formula is C22H24N4O2. The Morgan fingerprint density at radius 2 is 2.11 bits per heavy atom. The summed E-state index contributed by atoms with van der Waals surface area (Å²) in [6.07, 6.45) is 5.16. The van der Waals surface area contributed by atoms with Gasteiger partial charge in [0.2, 0.25) is 0 Å². The van der Waals surface area contributed by atoms with Gasteiger partial charge in [0.15, 0.2) is 5.78 Å². The summed E-state index contributed by atoms with van der Waals surface area (Å²) < 4.78 is 1.82. The highest BCUT2D eigenvalue weighted by atomic mass is 16.3. The van der Waals surface area contributed by atoms with Gasteiger partial charge >= 0.3 is 0 Å². The molecule has 1 N–H and O–H groups in total. The highest BCUT2D eigenvalue weighted by molar-refractivity contribution is 5.97. The number of benzene rings is 1. The van der Waals surface area contributed by atoms with Crippen LogP contribution in [0.5, 0.6) is 0 Å². The molecule has 2 fully saturated rings. The number of aliphatic hydroxyl groups is 1. The number of pyridine rings is 1. The van der Waals surface area contributed by atoms with E-state index in [0.717, 1.165) is 35.2 Å². The van der Waals surface area contributed by atoms with Crippen LogP contribution in [-0.2, 0) is 13.5 Å². The molecule has 0 bridgehead atoms. The third-order valence-corrected chi connectivity index (χ3v) is 5.76. The minimum absolute atomic E-state index is 0.0340. The van der Waals surface area contributed by atoms with E-state index in [1.165, 1.54) is 18.4 Å². The maximum Gasteiger partial charge on any atom is 0.185 e. The largest absolute Gasteiger partial charge is 0.391 e. The second-order valence-electron chi connectivity index (χ2n) is 8.06. The predicted octanol–water partition coefficient (Wildman–Crippen LogP) is 2.84. The van der Waals surface area contributed by atoms with Crippen molar-refractivity contribution in [2.45, 2.75) is 37.7 Å². The Labute approximate surface area is 163 Å². The maximum absolute atomic E-state index is 13.0. The number of aryl methyl sites for hydroxylation is 1. The summed E-state index contributed by atoms with van der Waals surface area (Å²) in [4.78, 5) is 19.7. The molecule has 3 heterocycles. The number of hydrogen-bond acceptors (Lipinski definition) is 5. The average molecular weight is 376 g/mol. The molecule has 144 valence electrons. The average Bonchev–Trinajstić information content (AvgIpc) is 3.33. The van der Waals surface area contributed by atoms with E-state index < -0.39 is 0 Å². The number of ketones is 1. The zero-order valence-corrected chi connectivity index (χ0v) is 16.0. The summed E-state index contributed by atoms with van der Waals surface area (Å²) >= 11 is 0. The van der Waals surface area contributed by atoms with Crippen molar-refractivity contribution in [1.29, 1.82) is 0 Å². The van der Waals surface area contributed by atoms with E-state index >= 15 is 0 Å². The molecule has 28 heavy (non-hydrogen) atoms. The first kappa shape index (κ1) is 17.4. The van der Waals surface area contributed by atoms with Crippen LogP contribution in [0.2, 0.25) is 0 Å². The lowest BCUT2D eigenvalue weighted by atomic mass is 9.96. The SMILES string of the molecule is Cn1cc2cc(CC(=O)c3cccc(N4CC[C@H](O)C4)n3)c(C3CC3)cc2n1. The molecule has 1 aliphatic heterocycles. The summed E-state index contributed by atoms with van der Waals surface area (Å²) in [5.74, 6) is 1.36. The molecule has 1 saturated carbocycles. The number of aliphatic hydroxyl groups excluding tert-OH is 1. The fraction of sp³-hybridized carbons (Fsp3) is 0.409. The van der Waals surface area contributed by atoms with Crippen molar-refractivity contribution in [3.05, 3.63) is 53.3 Å². The van der Waals surface area contributed by atoms with E-state index in [0.29, 0.717) is 24.6 Å². The second-order valence-corrected chi connectivity index (χ2v) is 8.06. The Morgan fingerprint density at radius 1 is 1.25 bits per heavy atom. The normalized spacial score (nSPS) is 19.5. The van der Waals surface area contributed by atoms with Crippen LogP contribution < -0.4 is 4.90 Å². The monoisotopic (exact) mass is 376 g/mol. The lowest BCUT2D eigenvalue weighted by molar-refractivity contribution is 0.0988. The van der Waals surface area contributed by atoms with Gasteiger partial charge in [0.05, 0.1) is 11.6 Å². The minimum atomic E-state index is -0.312. The third kappa shape index (κ3) is 3.29. The fourth-order valence-corrected chi connectivity index (χ4v) is 4.15. The first-order valence-corrected chi connectivity index (χ1v) is 9.96. The standard InChI is InChI=1S/C22H24N4O2/c1-25-12-16-9-15(18(14-5-6-14)11-20(16)24-25)10-21(28)19-3-2-4-22(23-19)26-8-7-17(27)13-26/h2-4,9,11-12,14,17,27H,5-8,10,13H2,1H3/t17-/m0/s1. The Morgan fingerprint density at radius 3 is 2.86 bits per heavy atom. The van der Waals surface area contributed by atoms with Crippen molar-refractivity contribution in [2.24, 2.45) is 7.05 Å². The van der Waals surface area contributed by atoms with Crippen LogP contribution in [0.1, 0.15) is 46.8 Å². The molecule has 1 aromatic carbocycles. The van der Waals surface area contributed by atoms with Crippen molar-refractivity contribution in [3.8, 4) is 0 Å². The molecule has 1 saturated heterocycles. The topological polar surface area (TPSA) is 71.2 Å². The van der Waals surface area contributed by atoms with Gasteiger partial charge in [0.1, 0.15) is 11.5 Å². The molecule has 0 amide bonds. The van der Waals surface area contributed by atoms with Gasteiger partial charge < -0.3 is 10.0 Å². The Hall–Kier alpha value is -2.73. The molecule has 1 aliphatic carbocycles. The highest BCUT2D eigenvalue weighted by Crippen LogP contribution is 2.43. The van der Waals surface area contributed by atoms with E-state index in [-0.39, 0.29) is 11.9 Å². The van der Waals surface area contributed by atoms with E-state index in [1.807, 2.05) is 35.0 Å². The van der Waals surface area contributed by atoms with Crippen LogP contribution >= 0.6 is 0 Å². The van der Waals surface area contributed by atoms with Crippen LogP contribution in [0.25, 0.3) is 10.9 Å². The van der Waals surface area contributed by atoms with Crippen molar-refractivity contribution in [3.63, 3.8) is 0 Å². The minimum Gasteiger partial charge on any atom is -0.391 e. The fourth-order valence-electron chi connectivity index (χ4n) is 4.15. The molecule has 3 aromatic rings. The third-order valence-electron chi connectivity index (χ3n) is 5.76. The number of carbonyl (C=O) groups excluding carboxylic acids is 1. The van der Waals surface area contributed by atoms with Gasteiger partial charge in [-0.25, -0.2) is 4.98 Å². The second kappa shape index (κ2) is 6.71. The van der Waals surface area contributed by atoms with Crippen molar-refractivity contribution >= 4 is 22.5 Å². The number of carbonyl (C=O) groups is 1. The zero-order chi connectivity index (χ0) is 19.3. The number of fused-ring (bicyclic) bond motifs is 1. The Kier molecular flexibility index (Phi) is 4.16. The number of aromatic nitrogens is 3. The summed E-state index contributed by atoms with van der Waals surface area (Å²) in [5.41, 5.74) is 3.84. The molecule has 1 atom stereocenters. The first-order chi connectivity index (χ1) is 13.6. The van der Waals surface area contributed by atoms with Crippen LogP contribution in [-0.4, -0.2) is 44.8 Å². The zero-order valence-electron chi connectivity index (χ0n) is 16.0. The molecule has 0 radical (unpaired) electrons. The van der Waals surface area contributed by atoms with E-state index in [9.17, 15) is 9.90 Å². The highest BCUT2D eigenvalue weighted by Gasteiger charge is 2.28. The van der Waals surface area contributed by atoms with Gasteiger partial charge in [-0.2, -0.15) is 5.10 Å². The van der Waals surface area contributed by atoms with Gasteiger partial charge in [-0.3, -0.25) is 9.48 Å². The predicted molar refractivity (Wildman–Crippen MR) is 108 cm³/mol. The molecule has 2 aromatic heterocycles. The number of β-amino-alcohol motifs (C(OH)–C–C–N with tert-alkyl or cyclic N) is 1. The molecule has 0 unspecified atom stereocenters. The summed E-state index contributed by atoms with van der Waals surface area (Å²) in [6, 6.07) is 9.86. The molecule has 0 spiro atoms. The van der Waals surface area contributed by atoms with E-state index in [1.54, 1.807) is 6.07 Å². The maximum atomic E-state index is 13.0. The molecule has 5 rings (SSSR count). The molecule has 6 nitrogen and oxygen atoms in total. The van der Waals surface area contributed by atoms with Gasteiger partial charge in [0, 0.05) is 38.1 Å². The van der Waals surface area contributed by atoms with Crippen LogP contribution in [0.3, 0.4) is 0 Å². The van der Waals surface area contributed by atoms with Crippen molar-refractivity contribution in [1.82, 2.24) is 14.8 Å². The Balaban J connectivity index is 1.43. The van der Waals surface area contributed by atoms with E-state index in [4.69, 9.17) is 0 Å².